The van der Waals surface area contributed by atoms with E-state index in [0.717, 1.165) is 32.7 Å². The molecule has 0 bridgehead atoms. The second-order valence-electron chi connectivity index (χ2n) is 9.37. The predicted molar refractivity (Wildman–Crippen MR) is 140 cm³/mol. The van der Waals surface area contributed by atoms with Gasteiger partial charge in [-0.15, -0.1) is 0 Å². The number of piperazine rings is 1. The molecule has 0 saturated carbocycles. The first-order valence-electron chi connectivity index (χ1n) is 13.1. The van der Waals surface area contributed by atoms with Crippen LogP contribution in [0.25, 0.3) is 16.9 Å². The van der Waals surface area contributed by atoms with Gasteiger partial charge in [0.25, 0.3) is 6.43 Å². The number of hydrogen-bond donors (Lipinski definition) is 1. The summed E-state index contributed by atoms with van der Waals surface area (Å²) in [6.45, 7) is 6.77. The van der Waals surface area contributed by atoms with E-state index >= 15 is 0 Å². The van der Waals surface area contributed by atoms with Crippen molar-refractivity contribution in [3.05, 3.63) is 36.2 Å². The number of aromatic nitrogens is 4. The largest absolute Gasteiger partial charge is 0.385 e. The molecule has 3 aromatic rings. The van der Waals surface area contributed by atoms with Crippen molar-refractivity contribution in [2.45, 2.75) is 12.8 Å². The summed E-state index contributed by atoms with van der Waals surface area (Å²) < 4.78 is 39.9. The molecule has 1 N–H and O–H groups in total. The fraction of sp³-hybridized carbons (Fsp3) is 0.538. The standard InChI is InChI=1S/C26H32F2N8O3/c1-38-14-4-7-33-8-10-35(11-9-33)23(37)18-29-26-31-21(34-12-15-39-16-13-34)17-22(32-26)36-20-6-3-2-5-19(20)30-25(36)24(27)28/h2,5,17,24H,4,7-16,18H2,1H3,(H,29,31,32). The minimum atomic E-state index is -2.83. The summed E-state index contributed by atoms with van der Waals surface area (Å²) in [7, 11) is 1.69. The van der Waals surface area contributed by atoms with E-state index in [2.05, 4.69) is 37.3 Å². The molecule has 5 rings (SSSR count). The molecule has 2 aliphatic heterocycles. The Hall–Kier alpha value is -3.60. The molecule has 2 saturated heterocycles. The van der Waals surface area contributed by atoms with Crippen LogP contribution >= 0.6 is 0 Å². The van der Waals surface area contributed by atoms with Gasteiger partial charge in [0, 0.05) is 65.6 Å². The van der Waals surface area contributed by atoms with Crippen LogP contribution in [0.3, 0.4) is 0 Å². The average Bonchev–Trinajstić information content (AvgIpc) is 3.37. The van der Waals surface area contributed by atoms with Crippen LogP contribution in [0.5, 0.6) is 0 Å². The molecule has 0 atom stereocenters. The number of methoxy groups -OCH3 is 1. The minimum absolute atomic E-state index is 0.0119. The van der Waals surface area contributed by atoms with Crippen LogP contribution in [0.15, 0.2) is 18.2 Å². The van der Waals surface area contributed by atoms with Gasteiger partial charge >= 0.3 is 0 Å². The highest BCUT2D eigenvalue weighted by Crippen LogP contribution is 2.28. The zero-order valence-corrected chi connectivity index (χ0v) is 21.9. The smallest absolute Gasteiger partial charge is 0.296 e. The van der Waals surface area contributed by atoms with Crippen LogP contribution in [-0.2, 0) is 14.3 Å². The minimum Gasteiger partial charge on any atom is -0.385 e. The molecule has 208 valence electrons. The van der Waals surface area contributed by atoms with Gasteiger partial charge < -0.3 is 24.6 Å². The Morgan fingerprint density at radius 1 is 1.13 bits per heavy atom. The van der Waals surface area contributed by atoms with E-state index in [1.807, 2.05) is 9.80 Å². The topological polar surface area (TPSA) is 101 Å². The van der Waals surface area contributed by atoms with Gasteiger partial charge in [-0.2, -0.15) is 9.97 Å². The van der Waals surface area contributed by atoms with Crippen LogP contribution in [0.4, 0.5) is 20.5 Å². The third kappa shape index (κ3) is 6.35. The normalized spacial score (nSPS) is 16.6. The second-order valence-corrected chi connectivity index (χ2v) is 9.37. The summed E-state index contributed by atoms with van der Waals surface area (Å²) in [4.78, 5) is 32.3. The molecular formula is C26H32F2N8O3. The Kier molecular flexibility index (Phi) is 8.65. The number of morpholine rings is 1. The molecule has 0 unspecified atom stereocenters. The number of imidazole rings is 1. The number of alkyl halides is 2. The lowest BCUT2D eigenvalue weighted by atomic mass is 10.3. The lowest BCUT2D eigenvalue weighted by Gasteiger charge is -2.34. The number of anilines is 2. The molecule has 4 heterocycles. The van der Waals surface area contributed by atoms with Gasteiger partial charge in [-0.3, -0.25) is 14.3 Å². The van der Waals surface area contributed by atoms with Gasteiger partial charge in [0.2, 0.25) is 11.9 Å². The number of carbonyl (C=O) groups is 1. The lowest BCUT2D eigenvalue weighted by molar-refractivity contribution is -0.131. The van der Waals surface area contributed by atoms with Crippen LogP contribution in [0.1, 0.15) is 18.7 Å². The third-order valence-electron chi connectivity index (χ3n) is 6.85. The van der Waals surface area contributed by atoms with E-state index in [0.29, 0.717) is 56.2 Å². The maximum absolute atomic E-state index is 14.0. The Bertz CT molecular complexity index is 1260. The summed E-state index contributed by atoms with van der Waals surface area (Å²) >= 11 is 0. The van der Waals surface area contributed by atoms with Gasteiger partial charge in [0.05, 0.1) is 25.3 Å². The van der Waals surface area contributed by atoms with Crippen LogP contribution < -0.4 is 10.2 Å². The summed E-state index contributed by atoms with van der Waals surface area (Å²) in [5, 5.41) is 3.03. The number of nitrogens with one attached hydrogen (secondary N) is 1. The van der Waals surface area contributed by atoms with Crippen LogP contribution in [0.2, 0.25) is 0 Å². The summed E-state index contributed by atoms with van der Waals surface area (Å²) in [6, 6.07) is 10.5. The first kappa shape index (κ1) is 27.0. The first-order valence-corrected chi connectivity index (χ1v) is 13.1. The number of carbonyl (C=O) groups excluding carboxylic acids is 1. The maximum atomic E-state index is 14.0. The Balaban J connectivity index is 1.36. The second kappa shape index (κ2) is 12.5. The summed E-state index contributed by atoms with van der Waals surface area (Å²) in [6.07, 6.45) is -1.88. The highest BCUT2D eigenvalue weighted by Gasteiger charge is 2.24. The molecule has 1 aromatic carbocycles. The van der Waals surface area contributed by atoms with Crippen molar-refractivity contribution >= 4 is 28.7 Å². The van der Waals surface area contributed by atoms with Crippen molar-refractivity contribution in [2.75, 3.05) is 89.5 Å². The number of halogens is 2. The molecule has 1 amide bonds. The van der Waals surface area contributed by atoms with Gasteiger partial charge in [-0.1, -0.05) is 6.07 Å². The van der Waals surface area contributed by atoms with Crippen molar-refractivity contribution in [1.29, 1.82) is 0 Å². The zero-order chi connectivity index (χ0) is 27.2. The highest BCUT2D eigenvalue weighted by molar-refractivity contribution is 5.81. The molecule has 0 radical (unpaired) electrons. The van der Waals surface area contributed by atoms with Crippen molar-refractivity contribution in [2.24, 2.45) is 0 Å². The van der Waals surface area contributed by atoms with E-state index in [9.17, 15) is 13.6 Å². The molecule has 11 nitrogen and oxygen atoms in total. The van der Waals surface area contributed by atoms with E-state index in [-0.39, 0.29) is 24.2 Å². The van der Waals surface area contributed by atoms with Crippen molar-refractivity contribution < 1.29 is 23.0 Å². The third-order valence-corrected chi connectivity index (χ3v) is 6.85. The van der Waals surface area contributed by atoms with Crippen molar-refractivity contribution in [3.8, 4) is 5.82 Å². The van der Waals surface area contributed by atoms with E-state index in [1.54, 1.807) is 25.3 Å². The number of hydrogen-bond acceptors (Lipinski definition) is 9. The average molecular weight is 543 g/mol. The monoisotopic (exact) mass is 542 g/mol. The van der Waals surface area contributed by atoms with E-state index in [1.165, 1.54) is 4.57 Å². The van der Waals surface area contributed by atoms with Crippen molar-refractivity contribution in [3.63, 3.8) is 0 Å². The molecule has 2 fully saturated rings. The molecule has 0 spiro atoms. The molecule has 13 heteroatoms. The Labute approximate surface area is 225 Å². The molecule has 39 heavy (non-hydrogen) atoms. The fourth-order valence-electron chi connectivity index (χ4n) is 4.79. The molecule has 0 aliphatic carbocycles. The number of rotatable bonds is 10. The number of fused-ring (bicyclic) bond motifs is 1. The van der Waals surface area contributed by atoms with Gasteiger partial charge in [0.15, 0.2) is 5.82 Å². The number of amides is 1. The summed E-state index contributed by atoms with van der Waals surface area (Å²) in [5.41, 5.74) is 0.700. The first-order chi connectivity index (χ1) is 19.0. The van der Waals surface area contributed by atoms with Crippen LogP contribution in [-0.4, -0.2) is 115 Å². The SMILES string of the molecule is COCCCN1CCN(C(=O)CNc2nc(N3CCOCC3)cc(-n3c(C(F)F)nc4ccc#cc43)n2)CC1. The lowest BCUT2D eigenvalue weighted by Crippen LogP contribution is -2.50. The van der Waals surface area contributed by atoms with Crippen LogP contribution in [0, 0.1) is 12.1 Å². The Morgan fingerprint density at radius 2 is 1.90 bits per heavy atom. The zero-order valence-electron chi connectivity index (χ0n) is 21.9. The van der Waals surface area contributed by atoms with E-state index in [4.69, 9.17) is 9.47 Å². The fourth-order valence-corrected chi connectivity index (χ4v) is 4.79. The number of nitrogens with zero attached hydrogens (tertiary/aromatic N) is 7. The van der Waals surface area contributed by atoms with Gasteiger partial charge in [-0.25, -0.2) is 13.8 Å². The summed E-state index contributed by atoms with van der Waals surface area (Å²) in [5.74, 6) is 0.405. The van der Waals surface area contributed by atoms with E-state index < -0.39 is 12.2 Å². The van der Waals surface area contributed by atoms with Crippen molar-refractivity contribution in [1.82, 2.24) is 29.3 Å². The molecule has 2 aromatic heterocycles. The quantitative estimate of drug-likeness (QED) is 0.384. The van der Waals surface area contributed by atoms with Gasteiger partial charge in [-0.05, 0) is 24.6 Å². The molecular weight excluding hydrogens is 510 g/mol. The van der Waals surface area contributed by atoms with Gasteiger partial charge in [0.1, 0.15) is 17.2 Å². The Morgan fingerprint density at radius 3 is 2.64 bits per heavy atom. The number of ether oxygens (including phenoxy) is 2. The predicted octanol–water partition coefficient (Wildman–Crippen LogP) is 1.78. The molecule has 2 aliphatic rings. The maximum Gasteiger partial charge on any atom is 0.296 e. The highest BCUT2D eigenvalue weighted by atomic mass is 19.3.